The largest absolute Gasteiger partial charge is 1.00 e. The maximum absolute atomic E-state index is 8.88. The van der Waals surface area contributed by atoms with Crippen LogP contribution in [0.5, 0.6) is 0 Å². The van der Waals surface area contributed by atoms with Gasteiger partial charge < -0.3 is 67.9 Å². The number of hydrogen-bond acceptors (Lipinski definition) is 10. The monoisotopic (exact) mass is 556 g/mol. The Hall–Kier alpha value is 7.71. The van der Waals surface area contributed by atoms with Gasteiger partial charge in [-0.1, -0.05) is 0 Å². The fourth-order valence-corrected chi connectivity index (χ4v) is 0. The third kappa shape index (κ3) is 503. The predicted molar refractivity (Wildman–Crippen MR) is 43.7 cm³/mol. The van der Waals surface area contributed by atoms with Gasteiger partial charge in [-0.3, -0.25) is 0 Å². The molecule has 0 atom stereocenters. The van der Waals surface area contributed by atoms with E-state index in [1.54, 1.807) is 0 Å². The second-order valence-electron chi connectivity index (χ2n) is 1.92. The first-order valence-electron chi connectivity index (χ1n) is 3.03. The number of rotatable bonds is 0. The van der Waals surface area contributed by atoms with E-state index in [0.29, 0.717) is 0 Å². The van der Waals surface area contributed by atoms with Crippen molar-refractivity contribution in [2.24, 2.45) is 0 Å². The van der Waals surface area contributed by atoms with Crippen LogP contribution < -0.4 is 250 Å². The van der Waals surface area contributed by atoms with E-state index in [0.717, 1.165) is 0 Å². The molecule has 128 valence electrons. The molecule has 0 heterocycles. The summed E-state index contributed by atoms with van der Waals surface area (Å²) < 4.78 is 34.9. The van der Waals surface area contributed by atoms with E-state index in [-0.39, 0.29) is 221 Å². The minimum atomic E-state index is -5.39. The van der Waals surface area contributed by atoms with Gasteiger partial charge in [-0.05, 0) is 0 Å². The van der Waals surface area contributed by atoms with Crippen LogP contribution in [0.2, 0.25) is 0 Å². The molecule has 6 N–H and O–H groups in total. The standard InChI is InChI=1S/2K.4Na.4H3O4P/c;;;;;;4*1-5(2,3)4/h;;;;;;4*(H3,1,2,3,4)/q6*+1;;;;/p-6. The number of phosphoric acid groups is 4. The average molecular weight is 556 g/mol. The molecule has 0 radical (unpaired) electrons. The topological polar surface area (TPSA) is 328 Å². The van der Waals surface area contributed by atoms with Crippen LogP contribution in [0.25, 0.3) is 0 Å². The first kappa shape index (κ1) is 64.2. The summed E-state index contributed by atoms with van der Waals surface area (Å²) >= 11 is 0. The Labute approximate surface area is 321 Å². The maximum atomic E-state index is 8.88. The summed E-state index contributed by atoms with van der Waals surface area (Å²) in [6, 6.07) is 0. The van der Waals surface area contributed by atoms with Gasteiger partial charge in [-0.15, -0.1) is 0 Å². The molecular weight excluding hydrogens is 550 g/mol. The van der Waals surface area contributed by atoms with Crippen molar-refractivity contribution in [3.63, 3.8) is 0 Å². The molecule has 26 heavy (non-hydrogen) atoms. The van der Waals surface area contributed by atoms with Gasteiger partial charge in [0.05, 0.1) is 0 Å². The van der Waals surface area contributed by atoms with E-state index in [1.807, 2.05) is 0 Å². The van der Waals surface area contributed by atoms with Gasteiger partial charge in [-0.25, -0.2) is 9.13 Å². The van der Waals surface area contributed by atoms with E-state index < -0.39 is 31.3 Å². The summed E-state index contributed by atoms with van der Waals surface area (Å²) in [5.74, 6) is 0. The molecule has 16 nitrogen and oxygen atoms in total. The Kier molecular flexibility index (Phi) is 80.7. The Morgan fingerprint density at radius 2 is 0.423 bits per heavy atom. The molecule has 0 aromatic rings. The summed E-state index contributed by atoms with van der Waals surface area (Å²) in [4.78, 5) is 94.4. The molecule has 0 saturated heterocycles. The summed E-state index contributed by atoms with van der Waals surface area (Å²) in [6.45, 7) is 0. The van der Waals surface area contributed by atoms with Crippen LogP contribution in [0.3, 0.4) is 0 Å². The number of hydrogen-bond donors (Lipinski definition) is 6. The van der Waals surface area contributed by atoms with Crippen molar-refractivity contribution in [3.8, 4) is 0 Å². The molecule has 0 unspecified atom stereocenters. The minimum Gasteiger partial charge on any atom is -0.822 e. The third-order valence-electron chi connectivity index (χ3n) is 0. The average Bonchev–Trinajstić information content (AvgIpc) is 1.62. The second-order valence-corrected chi connectivity index (χ2v) is 5.76. The van der Waals surface area contributed by atoms with Crippen molar-refractivity contribution in [2.45, 2.75) is 0 Å². The Bertz CT molecular complexity index is 305. The van der Waals surface area contributed by atoms with E-state index in [2.05, 4.69) is 0 Å². The van der Waals surface area contributed by atoms with Crippen molar-refractivity contribution in [2.75, 3.05) is 0 Å². The quantitative estimate of drug-likeness (QED) is 0.119. The molecule has 26 heteroatoms. The second kappa shape index (κ2) is 32.7. The smallest absolute Gasteiger partial charge is 0.822 e. The molecule has 0 amide bonds. The van der Waals surface area contributed by atoms with Gasteiger partial charge in [0.1, 0.15) is 0 Å². The summed E-state index contributed by atoms with van der Waals surface area (Å²) in [6.07, 6.45) is 0. The van der Waals surface area contributed by atoms with Crippen LogP contribution in [-0.2, 0) is 18.3 Å². The molecular formula is H6K2Na4O16P4. The molecule has 0 aliphatic heterocycles. The van der Waals surface area contributed by atoms with Gasteiger partial charge in [0, 0.05) is 0 Å². The summed E-state index contributed by atoms with van der Waals surface area (Å²) in [7, 11) is -20.1. The minimum absolute atomic E-state index is 0. The van der Waals surface area contributed by atoms with Gasteiger partial charge in [0.25, 0.3) is 0 Å². The van der Waals surface area contributed by atoms with E-state index >= 15 is 0 Å². The zero-order chi connectivity index (χ0) is 18.0. The van der Waals surface area contributed by atoms with Gasteiger partial charge in [0.15, 0.2) is 0 Å². The molecule has 0 spiro atoms. The molecule has 0 saturated carbocycles. The first-order chi connectivity index (χ1) is 8.00. The van der Waals surface area contributed by atoms with Gasteiger partial charge >= 0.3 is 237 Å². The van der Waals surface area contributed by atoms with Gasteiger partial charge in [0.2, 0.25) is 0 Å². The van der Waals surface area contributed by atoms with Crippen LogP contribution in [-0.4, -0.2) is 29.4 Å². The van der Waals surface area contributed by atoms with Crippen molar-refractivity contribution in [1.82, 2.24) is 0 Å². The molecule has 0 aliphatic carbocycles. The zero-order valence-electron chi connectivity index (χ0n) is 14.6. The SMILES string of the molecule is O=P(O)(O)O.O=P(O)(O)O.O=P([O-])([O-])[O-].O=P([O-])([O-])[O-].[K+].[K+].[Na+].[Na+].[Na+].[Na+]. The van der Waals surface area contributed by atoms with Gasteiger partial charge in [-0.2, -0.15) is 15.6 Å². The van der Waals surface area contributed by atoms with Crippen LogP contribution in [0.1, 0.15) is 0 Å². The van der Waals surface area contributed by atoms with Crippen LogP contribution in [0.15, 0.2) is 0 Å². The van der Waals surface area contributed by atoms with Crippen molar-refractivity contribution >= 4 is 31.3 Å². The Morgan fingerprint density at radius 3 is 0.423 bits per heavy atom. The van der Waals surface area contributed by atoms with Crippen LogP contribution in [0.4, 0.5) is 0 Å². The molecule has 0 bridgehead atoms. The zero-order valence-corrected chi connectivity index (χ0v) is 32.4. The molecule has 0 aromatic carbocycles. The molecule has 0 aliphatic rings. The van der Waals surface area contributed by atoms with E-state index in [1.165, 1.54) is 0 Å². The predicted octanol–water partition coefficient (Wildman–Crippen LogP) is -25.5. The van der Waals surface area contributed by atoms with Crippen LogP contribution in [0, 0.1) is 0 Å². The Morgan fingerprint density at radius 1 is 0.423 bits per heavy atom. The fraction of sp³-hybridized carbons (Fsp3) is 0. The molecule has 0 aromatic heterocycles. The van der Waals surface area contributed by atoms with E-state index in [9.17, 15) is 0 Å². The van der Waals surface area contributed by atoms with Crippen molar-refractivity contribution < 1.29 is 298 Å². The summed E-state index contributed by atoms with van der Waals surface area (Å²) in [5.41, 5.74) is 0. The fourth-order valence-electron chi connectivity index (χ4n) is 0. The molecule has 0 rings (SSSR count). The molecule has 0 fully saturated rings. The van der Waals surface area contributed by atoms with Crippen molar-refractivity contribution in [3.05, 3.63) is 0 Å². The van der Waals surface area contributed by atoms with Crippen molar-refractivity contribution in [1.29, 1.82) is 0 Å². The summed E-state index contributed by atoms with van der Waals surface area (Å²) in [5, 5.41) is 0. The Balaban J connectivity index is -0.0000000152. The van der Waals surface area contributed by atoms with E-state index in [4.69, 9.17) is 77.0 Å². The third-order valence-corrected chi connectivity index (χ3v) is 0. The normalized spacial score (nSPS) is 9.08. The maximum Gasteiger partial charge on any atom is 1.00 e. The van der Waals surface area contributed by atoms with Crippen LogP contribution >= 0.6 is 31.3 Å². The first-order valence-corrected chi connectivity index (χ1v) is 9.08.